The topological polar surface area (TPSA) is 26.3 Å². The zero-order valence-corrected chi connectivity index (χ0v) is 25.0. The lowest BCUT2D eigenvalue weighted by atomic mass is 9.91. The van der Waals surface area contributed by atoms with E-state index in [1.807, 2.05) is 0 Å². The molecule has 0 spiro atoms. The monoisotopic (exact) mass is 507 g/mol. The first-order valence-electron chi connectivity index (χ1n) is 17.0. The highest BCUT2D eigenvalue weighted by Gasteiger charge is 2.21. The molecule has 0 bridgehead atoms. The summed E-state index contributed by atoms with van der Waals surface area (Å²) in [4.78, 5) is 12.6. The molecule has 1 fully saturated rings. The van der Waals surface area contributed by atoms with Gasteiger partial charge in [0, 0.05) is 6.42 Å². The predicted molar refractivity (Wildman–Crippen MR) is 159 cm³/mol. The zero-order valence-electron chi connectivity index (χ0n) is 25.0. The van der Waals surface area contributed by atoms with Gasteiger partial charge in [0.2, 0.25) is 0 Å². The minimum atomic E-state index is 0.0953. The lowest BCUT2D eigenvalue weighted by molar-refractivity contribution is -0.150. The molecule has 1 rings (SSSR count). The normalized spacial score (nSPS) is 14.9. The average Bonchev–Trinajstić information content (AvgIpc) is 3.38. The highest BCUT2D eigenvalue weighted by atomic mass is 16.5. The summed E-state index contributed by atoms with van der Waals surface area (Å²) < 4.78 is 5.82. The van der Waals surface area contributed by atoms with E-state index in [2.05, 4.69) is 13.8 Å². The fourth-order valence-corrected chi connectivity index (χ4v) is 6.02. The van der Waals surface area contributed by atoms with E-state index in [4.69, 9.17) is 4.74 Å². The molecule has 36 heavy (non-hydrogen) atoms. The van der Waals surface area contributed by atoms with Crippen LogP contribution in [0.1, 0.15) is 200 Å². The second-order valence-corrected chi connectivity index (χ2v) is 12.1. The molecule has 0 aromatic rings. The van der Waals surface area contributed by atoms with Crippen LogP contribution in [0.15, 0.2) is 0 Å². The van der Waals surface area contributed by atoms with Gasteiger partial charge in [-0.2, -0.15) is 0 Å². The van der Waals surface area contributed by atoms with Crippen LogP contribution in [0, 0.1) is 5.92 Å². The van der Waals surface area contributed by atoms with E-state index in [1.54, 1.807) is 0 Å². The number of hydrogen-bond acceptors (Lipinski definition) is 2. The lowest BCUT2D eigenvalue weighted by Gasteiger charge is -2.18. The number of esters is 1. The van der Waals surface area contributed by atoms with Crippen molar-refractivity contribution >= 4 is 5.97 Å². The smallest absolute Gasteiger partial charge is 0.306 e. The number of rotatable bonds is 27. The molecule has 0 aromatic heterocycles. The first-order chi connectivity index (χ1) is 17.8. The van der Waals surface area contributed by atoms with Crippen molar-refractivity contribution in [3.05, 3.63) is 0 Å². The molecule has 2 heteroatoms. The van der Waals surface area contributed by atoms with Crippen LogP contribution in [0.2, 0.25) is 0 Å². The molecule has 0 radical (unpaired) electrons. The molecule has 0 aromatic carbocycles. The van der Waals surface area contributed by atoms with Crippen molar-refractivity contribution in [2.75, 3.05) is 0 Å². The van der Waals surface area contributed by atoms with Gasteiger partial charge in [0.25, 0.3) is 0 Å². The predicted octanol–water partition coefficient (Wildman–Crippen LogP) is 11.9. The largest absolute Gasteiger partial charge is 0.462 e. The minimum Gasteiger partial charge on any atom is -0.462 e. The van der Waals surface area contributed by atoms with E-state index >= 15 is 0 Å². The summed E-state index contributed by atoms with van der Waals surface area (Å²) >= 11 is 0. The SMILES string of the molecule is CCCCCCCCCCCCCCC(CCCCCCCCCCCC)CC(=O)OC1CCCC1. The van der Waals surface area contributed by atoms with Gasteiger partial charge in [0.15, 0.2) is 0 Å². The second-order valence-electron chi connectivity index (χ2n) is 12.1. The van der Waals surface area contributed by atoms with E-state index < -0.39 is 0 Å². The summed E-state index contributed by atoms with van der Waals surface area (Å²) in [7, 11) is 0. The van der Waals surface area contributed by atoms with Crippen LogP contribution in [0.25, 0.3) is 0 Å². The molecule has 1 saturated carbocycles. The lowest BCUT2D eigenvalue weighted by Crippen LogP contribution is -2.18. The summed E-state index contributed by atoms with van der Waals surface area (Å²) in [6.45, 7) is 4.59. The van der Waals surface area contributed by atoms with Gasteiger partial charge >= 0.3 is 5.97 Å². The van der Waals surface area contributed by atoms with Gasteiger partial charge in [-0.3, -0.25) is 4.79 Å². The Morgan fingerprint density at radius 3 is 1.25 bits per heavy atom. The van der Waals surface area contributed by atoms with E-state index in [0.717, 1.165) is 12.8 Å². The third kappa shape index (κ3) is 21.5. The van der Waals surface area contributed by atoms with Crippen molar-refractivity contribution in [3.63, 3.8) is 0 Å². The summed E-state index contributed by atoms with van der Waals surface area (Å²) in [6, 6.07) is 0. The maximum Gasteiger partial charge on any atom is 0.306 e. The third-order valence-corrected chi connectivity index (χ3v) is 8.49. The van der Waals surface area contributed by atoms with Gasteiger partial charge in [0.1, 0.15) is 6.10 Å². The number of carbonyl (C=O) groups is 1. The Bertz CT molecular complexity index is 454. The third-order valence-electron chi connectivity index (χ3n) is 8.49. The minimum absolute atomic E-state index is 0.0953. The summed E-state index contributed by atoms with van der Waals surface area (Å²) in [6.07, 6.45) is 38.7. The summed E-state index contributed by atoms with van der Waals surface area (Å²) in [5.41, 5.74) is 0. The van der Waals surface area contributed by atoms with Crippen molar-refractivity contribution in [2.45, 2.75) is 206 Å². The van der Waals surface area contributed by atoms with Crippen molar-refractivity contribution < 1.29 is 9.53 Å². The van der Waals surface area contributed by atoms with E-state index in [9.17, 15) is 4.79 Å². The highest BCUT2D eigenvalue weighted by molar-refractivity contribution is 5.69. The van der Waals surface area contributed by atoms with Gasteiger partial charge in [-0.15, -0.1) is 0 Å². The highest BCUT2D eigenvalue weighted by Crippen LogP contribution is 2.26. The quantitative estimate of drug-likeness (QED) is 0.0817. The Morgan fingerprint density at radius 2 is 0.889 bits per heavy atom. The average molecular weight is 507 g/mol. The molecule has 0 amide bonds. The Morgan fingerprint density at radius 1 is 0.556 bits per heavy atom. The van der Waals surface area contributed by atoms with Crippen molar-refractivity contribution in [1.29, 1.82) is 0 Å². The zero-order chi connectivity index (χ0) is 25.9. The van der Waals surface area contributed by atoms with Gasteiger partial charge in [0.05, 0.1) is 0 Å². The fourth-order valence-electron chi connectivity index (χ4n) is 6.02. The molecular weight excluding hydrogens is 440 g/mol. The van der Waals surface area contributed by atoms with Crippen LogP contribution in [-0.2, 0) is 9.53 Å². The van der Waals surface area contributed by atoms with Crippen LogP contribution in [-0.4, -0.2) is 12.1 Å². The van der Waals surface area contributed by atoms with Gasteiger partial charge in [-0.25, -0.2) is 0 Å². The number of ether oxygens (including phenoxy) is 1. The van der Waals surface area contributed by atoms with Crippen LogP contribution in [0.4, 0.5) is 0 Å². The molecular formula is C34H66O2. The molecule has 0 N–H and O–H groups in total. The van der Waals surface area contributed by atoms with E-state index in [1.165, 1.54) is 167 Å². The molecule has 0 aliphatic heterocycles. The van der Waals surface area contributed by atoms with E-state index in [-0.39, 0.29) is 12.1 Å². The molecule has 2 nitrogen and oxygen atoms in total. The van der Waals surface area contributed by atoms with Gasteiger partial charge in [-0.1, -0.05) is 155 Å². The maximum atomic E-state index is 12.6. The molecule has 1 aliphatic rings. The molecule has 1 aliphatic carbocycles. The Balaban J connectivity index is 2.11. The summed E-state index contributed by atoms with van der Waals surface area (Å²) in [5.74, 6) is 0.647. The van der Waals surface area contributed by atoms with Crippen LogP contribution >= 0.6 is 0 Å². The van der Waals surface area contributed by atoms with Crippen molar-refractivity contribution in [1.82, 2.24) is 0 Å². The molecule has 214 valence electrons. The fraction of sp³-hybridized carbons (Fsp3) is 0.971. The Hall–Kier alpha value is -0.530. The van der Waals surface area contributed by atoms with Gasteiger partial charge < -0.3 is 4.74 Å². The number of unbranched alkanes of at least 4 members (excludes halogenated alkanes) is 20. The van der Waals surface area contributed by atoms with Gasteiger partial charge in [-0.05, 0) is 44.4 Å². The van der Waals surface area contributed by atoms with Crippen LogP contribution < -0.4 is 0 Å². The second kappa shape index (κ2) is 26.1. The first-order valence-corrected chi connectivity index (χ1v) is 17.0. The molecule has 1 atom stereocenters. The maximum absolute atomic E-state index is 12.6. The Labute approximate surface area is 227 Å². The Kier molecular flexibility index (Phi) is 24.3. The van der Waals surface area contributed by atoms with Crippen molar-refractivity contribution in [2.24, 2.45) is 5.92 Å². The van der Waals surface area contributed by atoms with Crippen LogP contribution in [0.5, 0.6) is 0 Å². The number of hydrogen-bond donors (Lipinski definition) is 0. The molecule has 1 unspecified atom stereocenters. The standard InChI is InChI=1S/C34H66O2/c1-3-5-7-9-11-13-15-16-18-20-22-24-28-32(31-34(35)36-33-29-25-26-30-33)27-23-21-19-17-14-12-10-8-6-4-2/h32-33H,3-31H2,1-2H3. The van der Waals surface area contributed by atoms with Crippen LogP contribution in [0.3, 0.4) is 0 Å². The molecule has 0 saturated heterocycles. The summed E-state index contributed by atoms with van der Waals surface area (Å²) in [5, 5.41) is 0. The van der Waals surface area contributed by atoms with Crippen molar-refractivity contribution in [3.8, 4) is 0 Å². The van der Waals surface area contributed by atoms with E-state index in [0.29, 0.717) is 12.3 Å². The first kappa shape index (κ1) is 33.5. The number of carbonyl (C=O) groups excluding carboxylic acids is 1. The molecule has 0 heterocycles.